The largest absolute Gasteiger partial charge is 0.342 e. The minimum Gasteiger partial charge on any atom is -0.342 e. The molecule has 6 nitrogen and oxygen atoms in total. The number of amides is 1. The Hall–Kier alpha value is -3.20. The van der Waals surface area contributed by atoms with Crippen LogP contribution in [0.2, 0.25) is 0 Å². The zero-order valence-corrected chi connectivity index (χ0v) is 13.3. The Morgan fingerprint density at radius 3 is 2.75 bits per heavy atom. The maximum Gasteiger partial charge on any atom is 0.251 e. The van der Waals surface area contributed by atoms with Gasteiger partial charge in [-0.2, -0.15) is 5.26 Å². The number of aromatic nitrogens is 3. The first kappa shape index (κ1) is 15.7. The number of benzene rings is 1. The first-order chi connectivity index (χ1) is 11.7. The van der Waals surface area contributed by atoms with Gasteiger partial charge in [-0.25, -0.2) is 0 Å². The number of carbonyl (C=O) groups is 1. The Morgan fingerprint density at radius 1 is 1.25 bits per heavy atom. The van der Waals surface area contributed by atoms with E-state index in [4.69, 9.17) is 5.26 Å². The third-order valence-corrected chi connectivity index (χ3v) is 3.81. The van der Waals surface area contributed by atoms with Gasteiger partial charge in [-0.15, -0.1) is 10.2 Å². The molecule has 1 unspecified atom stereocenters. The highest BCUT2D eigenvalue weighted by molar-refractivity contribution is 5.94. The molecule has 1 aromatic carbocycles. The van der Waals surface area contributed by atoms with E-state index in [1.165, 1.54) is 0 Å². The molecule has 0 bridgehead atoms. The van der Waals surface area contributed by atoms with Crippen LogP contribution in [0.15, 0.2) is 48.7 Å². The Balaban J connectivity index is 1.85. The van der Waals surface area contributed by atoms with Crippen LogP contribution in [-0.2, 0) is 0 Å². The molecule has 1 atom stereocenters. The molecular formula is C18H17N5O. The molecule has 0 radical (unpaired) electrons. The fourth-order valence-electron chi connectivity index (χ4n) is 2.59. The predicted molar refractivity (Wildman–Crippen MR) is 89.3 cm³/mol. The van der Waals surface area contributed by atoms with Gasteiger partial charge in [-0.05, 0) is 42.8 Å². The number of hydrogen-bond donors (Lipinski definition) is 1. The maximum atomic E-state index is 12.5. The van der Waals surface area contributed by atoms with Gasteiger partial charge >= 0.3 is 0 Å². The zero-order valence-electron chi connectivity index (χ0n) is 13.3. The van der Waals surface area contributed by atoms with E-state index in [0.29, 0.717) is 11.1 Å². The fraction of sp³-hybridized carbons (Fsp3) is 0.222. The summed E-state index contributed by atoms with van der Waals surface area (Å²) in [6.45, 7) is 2.06. The van der Waals surface area contributed by atoms with Crippen LogP contribution in [0.5, 0.6) is 0 Å². The molecule has 6 heteroatoms. The van der Waals surface area contributed by atoms with Crippen molar-refractivity contribution in [2.75, 3.05) is 0 Å². The molecule has 1 amide bonds. The monoisotopic (exact) mass is 319 g/mol. The Labute approximate surface area is 139 Å². The van der Waals surface area contributed by atoms with E-state index < -0.39 is 0 Å². The number of pyridine rings is 1. The molecule has 0 saturated heterocycles. The van der Waals surface area contributed by atoms with Crippen molar-refractivity contribution in [3.63, 3.8) is 0 Å². The van der Waals surface area contributed by atoms with Crippen molar-refractivity contribution < 1.29 is 4.79 Å². The summed E-state index contributed by atoms with van der Waals surface area (Å²) in [5.41, 5.74) is 1.80. The lowest BCUT2D eigenvalue weighted by molar-refractivity contribution is 0.0932. The standard InChI is InChI=1S/C18H17N5O/c1-2-5-15(17-22-21-16-6-3-4-11-23(16)17)20-18(24)14-9-7-13(12-19)8-10-14/h3-4,6-11,15H,2,5H2,1H3,(H,20,24). The van der Waals surface area contributed by atoms with Crippen molar-refractivity contribution in [1.29, 1.82) is 5.26 Å². The van der Waals surface area contributed by atoms with E-state index in [1.54, 1.807) is 24.3 Å². The summed E-state index contributed by atoms with van der Waals surface area (Å²) < 4.78 is 1.89. The van der Waals surface area contributed by atoms with E-state index in [-0.39, 0.29) is 11.9 Å². The summed E-state index contributed by atoms with van der Waals surface area (Å²) in [5, 5.41) is 20.3. The molecule has 120 valence electrons. The molecule has 0 aliphatic carbocycles. The van der Waals surface area contributed by atoms with Crippen molar-refractivity contribution in [2.24, 2.45) is 0 Å². The molecule has 2 heterocycles. The highest BCUT2D eigenvalue weighted by atomic mass is 16.1. The summed E-state index contributed by atoms with van der Waals surface area (Å²) in [6.07, 6.45) is 3.55. The van der Waals surface area contributed by atoms with Crippen LogP contribution in [0.1, 0.15) is 47.6 Å². The van der Waals surface area contributed by atoms with E-state index in [2.05, 4.69) is 22.4 Å². The van der Waals surface area contributed by atoms with E-state index >= 15 is 0 Å². The van der Waals surface area contributed by atoms with Crippen molar-refractivity contribution >= 4 is 11.6 Å². The van der Waals surface area contributed by atoms with E-state index in [9.17, 15) is 4.79 Å². The highest BCUT2D eigenvalue weighted by Crippen LogP contribution is 2.18. The van der Waals surface area contributed by atoms with Crippen molar-refractivity contribution in [1.82, 2.24) is 19.9 Å². The Bertz CT molecular complexity index is 892. The topological polar surface area (TPSA) is 83.1 Å². The van der Waals surface area contributed by atoms with Crippen molar-refractivity contribution in [2.45, 2.75) is 25.8 Å². The Morgan fingerprint density at radius 2 is 2.04 bits per heavy atom. The van der Waals surface area contributed by atoms with Crippen LogP contribution in [0, 0.1) is 11.3 Å². The highest BCUT2D eigenvalue weighted by Gasteiger charge is 2.20. The van der Waals surface area contributed by atoms with Crippen LogP contribution >= 0.6 is 0 Å². The molecule has 0 fully saturated rings. The minimum absolute atomic E-state index is 0.189. The lowest BCUT2D eigenvalue weighted by Gasteiger charge is -2.16. The third kappa shape index (κ3) is 3.10. The van der Waals surface area contributed by atoms with Crippen LogP contribution in [-0.4, -0.2) is 20.5 Å². The van der Waals surface area contributed by atoms with Crippen molar-refractivity contribution in [3.05, 3.63) is 65.6 Å². The summed E-state index contributed by atoms with van der Waals surface area (Å²) in [7, 11) is 0. The van der Waals surface area contributed by atoms with Crippen LogP contribution in [0.4, 0.5) is 0 Å². The van der Waals surface area contributed by atoms with Crippen molar-refractivity contribution in [3.8, 4) is 6.07 Å². The second kappa shape index (κ2) is 6.92. The molecular weight excluding hydrogens is 302 g/mol. The average Bonchev–Trinajstić information content (AvgIpc) is 3.05. The van der Waals surface area contributed by atoms with Gasteiger partial charge in [0.1, 0.15) is 0 Å². The molecule has 3 rings (SSSR count). The molecule has 0 aliphatic rings. The van der Waals surface area contributed by atoms with Gasteiger partial charge in [0.2, 0.25) is 0 Å². The van der Waals surface area contributed by atoms with Gasteiger partial charge in [0.25, 0.3) is 5.91 Å². The number of hydrogen-bond acceptors (Lipinski definition) is 4. The second-order valence-electron chi connectivity index (χ2n) is 5.49. The first-order valence-corrected chi connectivity index (χ1v) is 7.83. The maximum absolute atomic E-state index is 12.5. The quantitative estimate of drug-likeness (QED) is 0.784. The lowest BCUT2D eigenvalue weighted by atomic mass is 10.1. The van der Waals surface area contributed by atoms with Gasteiger partial charge in [0, 0.05) is 11.8 Å². The van der Waals surface area contributed by atoms with Gasteiger partial charge in [-0.1, -0.05) is 19.4 Å². The molecule has 0 saturated carbocycles. The van der Waals surface area contributed by atoms with Crippen LogP contribution < -0.4 is 5.32 Å². The fourth-order valence-corrected chi connectivity index (χ4v) is 2.59. The summed E-state index contributed by atoms with van der Waals surface area (Å²) in [6, 6.07) is 14.1. The average molecular weight is 319 g/mol. The van der Waals surface area contributed by atoms with Crippen LogP contribution in [0.3, 0.4) is 0 Å². The number of nitrogens with zero attached hydrogens (tertiary/aromatic N) is 4. The molecule has 1 N–H and O–H groups in total. The summed E-state index contributed by atoms with van der Waals surface area (Å²) in [4.78, 5) is 12.5. The smallest absolute Gasteiger partial charge is 0.251 e. The number of rotatable bonds is 5. The van der Waals surface area contributed by atoms with E-state index in [0.717, 1.165) is 24.3 Å². The van der Waals surface area contributed by atoms with Crippen LogP contribution in [0.25, 0.3) is 5.65 Å². The number of carbonyl (C=O) groups excluding carboxylic acids is 1. The predicted octanol–water partition coefficient (Wildman–Crippen LogP) is 2.87. The normalized spacial score (nSPS) is 11.8. The SMILES string of the molecule is CCCC(NC(=O)c1ccc(C#N)cc1)c1nnc2ccccn12. The number of fused-ring (bicyclic) bond motifs is 1. The zero-order chi connectivity index (χ0) is 16.9. The summed E-state index contributed by atoms with van der Waals surface area (Å²) in [5.74, 6) is 0.528. The second-order valence-corrected chi connectivity index (χ2v) is 5.49. The Kier molecular flexibility index (Phi) is 4.52. The van der Waals surface area contributed by atoms with E-state index in [1.807, 2.05) is 34.9 Å². The van der Waals surface area contributed by atoms with Gasteiger partial charge in [0.05, 0.1) is 17.7 Å². The minimum atomic E-state index is -0.226. The first-order valence-electron chi connectivity index (χ1n) is 7.83. The van der Waals surface area contributed by atoms with Gasteiger partial charge in [0.15, 0.2) is 11.5 Å². The number of nitriles is 1. The lowest BCUT2D eigenvalue weighted by Crippen LogP contribution is -2.29. The number of nitrogens with one attached hydrogen (secondary N) is 1. The molecule has 24 heavy (non-hydrogen) atoms. The summed E-state index contributed by atoms with van der Waals surface area (Å²) >= 11 is 0. The van der Waals surface area contributed by atoms with Gasteiger partial charge < -0.3 is 5.32 Å². The van der Waals surface area contributed by atoms with Gasteiger partial charge in [-0.3, -0.25) is 9.20 Å². The molecule has 2 aromatic heterocycles. The molecule has 0 aliphatic heterocycles. The molecule has 3 aromatic rings. The third-order valence-electron chi connectivity index (χ3n) is 3.81. The molecule has 0 spiro atoms.